The summed E-state index contributed by atoms with van der Waals surface area (Å²) in [5, 5.41) is 0. The minimum Gasteiger partial charge on any atom is -0.295 e. The summed E-state index contributed by atoms with van der Waals surface area (Å²) in [4.78, 5) is 11.4. The standard InChI is InChI=1S/C14H24O/c1-11(2)7-9-14(5,6)10-8-13(15)12(3)4/h7-8,10,12H,9H2,1-6H3. The largest absolute Gasteiger partial charge is 0.295 e. The van der Waals surface area contributed by atoms with E-state index in [2.05, 4.69) is 33.8 Å². The summed E-state index contributed by atoms with van der Waals surface area (Å²) in [7, 11) is 0. The summed E-state index contributed by atoms with van der Waals surface area (Å²) < 4.78 is 0. The third-order valence-corrected chi connectivity index (χ3v) is 2.30. The molecule has 0 rings (SSSR count). The molecule has 0 amide bonds. The normalized spacial score (nSPS) is 12.2. The Morgan fingerprint density at radius 1 is 1.27 bits per heavy atom. The quantitative estimate of drug-likeness (QED) is 0.490. The molecule has 0 saturated heterocycles. The van der Waals surface area contributed by atoms with Crippen LogP contribution in [0.1, 0.15) is 48.0 Å². The Hall–Kier alpha value is -0.850. The molecule has 0 aliphatic heterocycles. The van der Waals surface area contributed by atoms with Crippen molar-refractivity contribution in [1.29, 1.82) is 0 Å². The molecule has 0 bridgehead atoms. The molecule has 0 aromatic rings. The molecule has 15 heavy (non-hydrogen) atoms. The highest BCUT2D eigenvalue weighted by molar-refractivity contribution is 5.91. The van der Waals surface area contributed by atoms with E-state index in [9.17, 15) is 4.79 Å². The van der Waals surface area contributed by atoms with Crippen molar-refractivity contribution in [2.24, 2.45) is 11.3 Å². The van der Waals surface area contributed by atoms with Gasteiger partial charge in [0.1, 0.15) is 0 Å². The molecular weight excluding hydrogens is 184 g/mol. The lowest BCUT2D eigenvalue weighted by Crippen LogP contribution is -2.09. The fourth-order valence-corrected chi connectivity index (χ4v) is 1.04. The average molecular weight is 208 g/mol. The van der Waals surface area contributed by atoms with Crippen LogP contribution in [0.4, 0.5) is 0 Å². The minimum atomic E-state index is 0.0713. The lowest BCUT2D eigenvalue weighted by molar-refractivity contribution is -0.117. The summed E-state index contributed by atoms with van der Waals surface area (Å²) in [6.45, 7) is 12.3. The van der Waals surface area contributed by atoms with Crippen LogP contribution in [0.15, 0.2) is 23.8 Å². The Morgan fingerprint density at radius 2 is 1.80 bits per heavy atom. The van der Waals surface area contributed by atoms with Gasteiger partial charge in [0.25, 0.3) is 0 Å². The zero-order chi connectivity index (χ0) is 12.1. The highest BCUT2D eigenvalue weighted by Crippen LogP contribution is 2.23. The predicted octanol–water partition coefficient (Wildman–Crippen LogP) is 4.15. The van der Waals surface area contributed by atoms with Crippen molar-refractivity contribution in [3.63, 3.8) is 0 Å². The fourth-order valence-electron chi connectivity index (χ4n) is 1.04. The molecular formula is C14H24O. The number of ketones is 1. The van der Waals surface area contributed by atoms with Crippen molar-refractivity contribution in [1.82, 2.24) is 0 Å². The van der Waals surface area contributed by atoms with Crippen molar-refractivity contribution in [3.8, 4) is 0 Å². The summed E-state index contributed by atoms with van der Waals surface area (Å²) in [6, 6.07) is 0. The molecule has 0 heterocycles. The second-order valence-electron chi connectivity index (χ2n) is 5.36. The smallest absolute Gasteiger partial charge is 0.157 e. The first-order valence-corrected chi connectivity index (χ1v) is 5.61. The number of allylic oxidation sites excluding steroid dienone is 4. The molecule has 0 spiro atoms. The van der Waals surface area contributed by atoms with Crippen molar-refractivity contribution in [2.75, 3.05) is 0 Å². The van der Waals surface area contributed by atoms with Crippen LogP contribution in [0.25, 0.3) is 0 Å². The predicted molar refractivity (Wildman–Crippen MR) is 66.8 cm³/mol. The molecule has 1 heteroatoms. The van der Waals surface area contributed by atoms with E-state index in [1.807, 2.05) is 19.9 Å². The van der Waals surface area contributed by atoms with Gasteiger partial charge < -0.3 is 0 Å². The zero-order valence-corrected chi connectivity index (χ0v) is 10.9. The Morgan fingerprint density at radius 3 is 2.20 bits per heavy atom. The Labute approximate surface area is 94.3 Å². The molecule has 0 unspecified atom stereocenters. The maximum absolute atomic E-state index is 11.4. The lowest BCUT2D eigenvalue weighted by Gasteiger charge is -2.18. The number of hydrogen-bond donors (Lipinski definition) is 0. The minimum absolute atomic E-state index is 0.0713. The first-order chi connectivity index (χ1) is 6.74. The topological polar surface area (TPSA) is 17.1 Å². The van der Waals surface area contributed by atoms with Gasteiger partial charge in [0.05, 0.1) is 0 Å². The number of carbonyl (C=O) groups is 1. The van der Waals surface area contributed by atoms with Gasteiger partial charge in [-0.1, -0.05) is 45.4 Å². The van der Waals surface area contributed by atoms with Gasteiger partial charge in [-0.2, -0.15) is 0 Å². The number of hydrogen-bond acceptors (Lipinski definition) is 1. The van der Waals surface area contributed by atoms with E-state index in [4.69, 9.17) is 0 Å². The van der Waals surface area contributed by atoms with Gasteiger partial charge in [0.15, 0.2) is 5.78 Å². The van der Waals surface area contributed by atoms with E-state index in [0.29, 0.717) is 0 Å². The van der Waals surface area contributed by atoms with E-state index in [0.717, 1.165) is 6.42 Å². The van der Waals surface area contributed by atoms with Gasteiger partial charge in [0.2, 0.25) is 0 Å². The molecule has 1 nitrogen and oxygen atoms in total. The molecule has 0 saturated carbocycles. The molecule has 0 aromatic carbocycles. The Bertz CT molecular complexity index is 263. The molecule has 0 aliphatic carbocycles. The average Bonchev–Trinajstić information content (AvgIpc) is 2.11. The van der Waals surface area contributed by atoms with E-state index < -0.39 is 0 Å². The van der Waals surface area contributed by atoms with Crippen LogP contribution in [0.5, 0.6) is 0 Å². The number of rotatable bonds is 5. The third-order valence-electron chi connectivity index (χ3n) is 2.30. The maximum Gasteiger partial charge on any atom is 0.157 e. The Kier molecular flexibility index (Phi) is 5.56. The van der Waals surface area contributed by atoms with E-state index >= 15 is 0 Å². The van der Waals surface area contributed by atoms with Crippen molar-refractivity contribution in [2.45, 2.75) is 48.0 Å². The molecule has 0 aromatic heterocycles. The summed E-state index contributed by atoms with van der Waals surface area (Å²) >= 11 is 0. The van der Waals surface area contributed by atoms with Gasteiger partial charge >= 0.3 is 0 Å². The van der Waals surface area contributed by atoms with Gasteiger partial charge in [-0.05, 0) is 31.8 Å². The summed E-state index contributed by atoms with van der Waals surface area (Å²) in [5.74, 6) is 0.306. The monoisotopic (exact) mass is 208 g/mol. The van der Waals surface area contributed by atoms with Gasteiger partial charge in [0, 0.05) is 5.92 Å². The van der Waals surface area contributed by atoms with Gasteiger partial charge in [-0.25, -0.2) is 0 Å². The van der Waals surface area contributed by atoms with Crippen molar-refractivity contribution in [3.05, 3.63) is 23.8 Å². The fraction of sp³-hybridized carbons (Fsp3) is 0.643. The summed E-state index contributed by atoms with van der Waals surface area (Å²) in [6.07, 6.45) is 6.94. The van der Waals surface area contributed by atoms with E-state index in [-0.39, 0.29) is 17.1 Å². The maximum atomic E-state index is 11.4. The van der Waals surface area contributed by atoms with Crippen LogP contribution >= 0.6 is 0 Å². The second kappa shape index (κ2) is 5.89. The van der Waals surface area contributed by atoms with Gasteiger partial charge in [-0.15, -0.1) is 0 Å². The van der Waals surface area contributed by atoms with Crippen LogP contribution in [0, 0.1) is 11.3 Å². The van der Waals surface area contributed by atoms with Crippen molar-refractivity contribution >= 4 is 5.78 Å². The molecule has 0 fully saturated rings. The zero-order valence-electron chi connectivity index (χ0n) is 10.9. The van der Waals surface area contributed by atoms with Crippen LogP contribution < -0.4 is 0 Å². The van der Waals surface area contributed by atoms with Crippen LogP contribution in [0.3, 0.4) is 0 Å². The summed E-state index contributed by atoms with van der Waals surface area (Å²) in [5.41, 5.74) is 1.40. The first kappa shape index (κ1) is 14.2. The lowest BCUT2D eigenvalue weighted by atomic mass is 9.87. The van der Waals surface area contributed by atoms with Crippen LogP contribution in [0.2, 0.25) is 0 Å². The Balaban J connectivity index is 4.37. The SMILES string of the molecule is CC(C)=CCC(C)(C)C=CC(=O)C(C)C. The van der Waals surface area contributed by atoms with E-state index in [1.54, 1.807) is 6.08 Å². The van der Waals surface area contributed by atoms with Crippen LogP contribution in [-0.4, -0.2) is 5.78 Å². The molecule has 0 aliphatic rings. The highest BCUT2D eigenvalue weighted by atomic mass is 16.1. The molecule has 0 N–H and O–H groups in total. The van der Waals surface area contributed by atoms with E-state index in [1.165, 1.54) is 5.57 Å². The molecule has 86 valence electrons. The first-order valence-electron chi connectivity index (χ1n) is 5.61. The third kappa shape index (κ3) is 7.12. The molecule has 0 atom stereocenters. The van der Waals surface area contributed by atoms with Gasteiger partial charge in [-0.3, -0.25) is 4.79 Å². The number of carbonyl (C=O) groups excluding carboxylic acids is 1. The van der Waals surface area contributed by atoms with Crippen LogP contribution in [-0.2, 0) is 4.79 Å². The highest BCUT2D eigenvalue weighted by Gasteiger charge is 2.13. The molecule has 0 radical (unpaired) electrons. The second-order valence-corrected chi connectivity index (χ2v) is 5.36. The van der Waals surface area contributed by atoms with Crippen molar-refractivity contribution < 1.29 is 4.79 Å².